The van der Waals surface area contributed by atoms with Crippen molar-refractivity contribution in [1.29, 1.82) is 0 Å². The molecule has 1 saturated heterocycles. The molecule has 1 aliphatic heterocycles. The molecule has 3 unspecified atom stereocenters. The smallest absolute Gasteiger partial charge is 0.0673 e. The molecule has 17 heavy (non-hydrogen) atoms. The Hall–Kier alpha value is -0.120. The zero-order valence-electron chi connectivity index (χ0n) is 12.0. The normalized spacial score (nSPS) is 28.2. The molecule has 0 saturated carbocycles. The van der Waals surface area contributed by atoms with Gasteiger partial charge in [0.1, 0.15) is 0 Å². The van der Waals surface area contributed by atoms with Crippen molar-refractivity contribution in [2.75, 3.05) is 26.2 Å². The Morgan fingerprint density at radius 2 is 2.18 bits per heavy atom. The Kier molecular flexibility index (Phi) is 7.09. The van der Waals surface area contributed by atoms with E-state index in [1.165, 1.54) is 25.8 Å². The Balaban J connectivity index is 2.27. The summed E-state index contributed by atoms with van der Waals surface area (Å²) in [6.45, 7) is 13.1. The van der Waals surface area contributed by atoms with Crippen LogP contribution in [0.5, 0.6) is 0 Å². The Labute approximate surface area is 107 Å². The van der Waals surface area contributed by atoms with E-state index in [1.807, 2.05) is 0 Å². The van der Waals surface area contributed by atoms with E-state index in [0.29, 0.717) is 12.1 Å². The van der Waals surface area contributed by atoms with Crippen molar-refractivity contribution in [2.45, 2.75) is 65.1 Å². The fraction of sp³-hybridized carbons (Fsp3) is 1.00. The molecule has 1 aliphatic rings. The van der Waals surface area contributed by atoms with Crippen molar-refractivity contribution >= 4 is 0 Å². The highest BCUT2D eigenvalue weighted by molar-refractivity contribution is 4.83. The van der Waals surface area contributed by atoms with Gasteiger partial charge in [-0.15, -0.1) is 0 Å². The Morgan fingerprint density at radius 1 is 1.41 bits per heavy atom. The predicted molar refractivity (Wildman–Crippen MR) is 73.4 cm³/mol. The number of ether oxygens (including phenoxy) is 1. The molecule has 0 spiro atoms. The molecular formula is C14H30N2O. The van der Waals surface area contributed by atoms with Gasteiger partial charge < -0.3 is 10.1 Å². The predicted octanol–water partition coefficient (Wildman–Crippen LogP) is 2.26. The van der Waals surface area contributed by atoms with Gasteiger partial charge in [0.15, 0.2) is 0 Å². The summed E-state index contributed by atoms with van der Waals surface area (Å²) < 4.78 is 5.63. The lowest BCUT2D eigenvalue weighted by atomic mass is 9.98. The van der Waals surface area contributed by atoms with Gasteiger partial charge in [-0.05, 0) is 46.6 Å². The van der Waals surface area contributed by atoms with Crippen molar-refractivity contribution in [2.24, 2.45) is 0 Å². The van der Waals surface area contributed by atoms with Gasteiger partial charge in [-0.1, -0.05) is 6.92 Å². The lowest BCUT2D eigenvalue weighted by molar-refractivity contribution is 0.0226. The summed E-state index contributed by atoms with van der Waals surface area (Å²) in [5.74, 6) is 0. The summed E-state index contributed by atoms with van der Waals surface area (Å²) in [4.78, 5) is 2.57. The van der Waals surface area contributed by atoms with Crippen molar-refractivity contribution in [3.63, 3.8) is 0 Å². The number of likely N-dealkylation sites (tertiary alicyclic amines) is 1. The molecule has 3 heteroatoms. The second kappa shape index (κ2) is 8.06. The van der Waals surface area contributed by atoms with Crippen LogP contribution in [-0.2, 0) is 4.74 Å². The molecular weight excluding hydrogens is 212 g/mol. The first kappa shape index (κ1) is 14.9. The summed E-state index contributed by atoms with van der Waals surface area (Å²) in [6, 6.07) is 1.41. The number of rotatable bonds is 7. The molecule has 0 aliphatic carbocycles. The molecule has 0 bridgehead atoms. The van der Waals surface area contributed by atoms with Gasteiger partial charge in [-0.3, -0.25) is 4.90 Å². The molecule has 0 aromatic carbocycles. The van der Waals surface area contributed by atoms with Crippen LogP contribution in [0, 0.1) is 0 Å². The molecule has 1 fully saturated rings. The van der Waals surface area contributed by atoms with Crippen LogP contribution >= 0.6 is 0 Å². The van der Waals surface area contributed by atoms with Crippen molar-refractivity contribution in [3.05, 3.63) is 0 Å². The van der Waals surface area contributed by atoms with Crippen LogP contribution in [-0.4, -0.2) is 49.3 Å². The quantitative estimate of drug-likeness (QED) is 0.741. The van der Waals surface area contributed by atoms with E-state index in [2.05, 4.69) is 37.9 Å². The zero-order chi connectivity index (χ0) is 12.7. The second-order valence-electron chi connectivity index (χ2n) is 5.29. The molecule has 1 rings (SSSR count). The number of hydrogen-bond acceptors (Lipinski definition) is 3. The van der Waals surface area contributed by atoms with Gasteiger partial charge in [0, 0.05) is 31.8 Å². The Bertz CT molecular complexity index is 199. The molecule has 3 atom stereocenters. The minimum Gasteiger partial charge on any atom is -0.377 e. The number of piperidine rings is 1. The Morgan fingerprint density at radius 3 is 2.76 bits per heavy atom. The lowest BCUT2D eigenvalue weighted by Gasteiger charge is -2.39. The maximum Gasteiger partial charge on any atom is 0.0673 e. The third-order valence-electron chi connectivity index (χ3n) is 3.64. The van der Waals surface area contributed by atoms with Crippen LogP contribution in [0.15, 0.2) is 0 Å². The van der Waals surface area contributed by atoms with E-state index in [9.17, 15) is 0 Å². The van der Waals surface area contributed by atoms with Crippen LogP contribution in [0.25, 0.3) is 0 Å². The first-order valence-corrected chi connectivity index (χ1v) is 7.26. The molecule has 0 aromatic heterocycles. The topological polar surface area (TPSA) is 24.5 Å². The van der Waals surface area contributed by atoms with Gasteiger partial charge in [-0.2, -0.15) is 0 Å². The van der Waals surface area contributed by atoms with E-state index in [1.54, 1.807) is 0 Å². The largest absolute Gasteiger partial charge is 0.377 e. The number of nitrogens with one attached hydrogen (secondary N) is 1. The van der Waals surface area contributed by atoms with E-state index in [4.69, 9.17) is 4.74 Å². The van der Waals surface area contributed by atoms with Crippen LogP contribution in [0.3, 0.4) is 0 Å². The fourth-order valence-electron chi connectivity index (χ4n) is 2.69. The zero-order valence-corrected chi connectivity index (χ0v) is 12.0. The van der Waals surface area contributed by atoms with Gasteiger partial charge in [0.25, 0.3) is 0 Å². The first-order valence-electron chi connectivity index (χ1n) is 7.26. The van der Waals surface area contributed by atoms with Crippen LogP contribution in [0.4, 0.5) is 0 Å². The minimum atomic E-state index is 0.364. The first-order chi connectivity index (χ1) is 8.17. The molecule has 1 heterocycles. The molecule has 102 valence electrons. The molecule has 3 nitrogen and oxygen atoms in total. The van der Waals surface area contributed by atoms with Crippen molar-refractivity contribution in [3.8, 4) is 0 Å². The van der Waals surface area contributed by atoms with Crippen molar-refractivity contribution in [1.82, 2.24) is 10.2 Å². The maximum atomic E-state index is 5.63. The van der Waals surface area contributed by atoms with E-state index >= 15 is 0 Å². The molecule has 0 amide bonds. The number of nitrogens with zero attached hydrogens (tertiary/aromatic N) is 1. The van der Waals surface area contributed by atoms with Gasteiger partial charge in [-0.25, -0.2) is 0 Å². The maximum absolute atomic E-state index is 5.63. The average Bonchev–Trinajstić information content (AvgIpc) is 2.30. The molecule has 1 N–H and O–H groups in total. The standard InChI is InChI=1S/C14H30N2O/c1-5-8-15-14-7-9-16(12(3)10-14)11-13(4)17-6-2/h12-15H,5-11H2,1-4H3. The van der Waals surface area contributed by atoms with Gasteiger partial charge in [0.2, 0.25) is 0 Å². The lowest BCUT2D eigenvalue weighted by Crippen LogP contribution is -2.49. The fourth-order valence-corrected chi connectivity index (χ4v) is 2.69. The summed E-state index contributed by atoms with van der Waals surface area (Å²) in [5, 5.41) is 3.64. The minimum absolute atomic E-state index is 0.364. The summed E-state index contributed by atoms with van der Waals surface area (Å²) in [6.07, 6.45) is 4.15. The second-order valence-corrected chi connectivity index (χ2v) is 5.29. The van der Waals surface area contributed by atoms with Crippen LogP contribution < -0.4 is 5.32 Å². The van der Waals surface area contributed by atoms with Crippen LogP contribution in [0.1, 0.15) is 47.0 Å². The molecule has 0 radical (unpaired) electrons. The average molecular weight is 242 g/mol. The SMILES string of the molecule is CCCNC1CCN(CC(C)OCC)C(C)C1. The van der Waals surface area contributed by atoms with Gasteiger partial charge >= 0.3 is 0 Å². The highest BCUT2D eigenvalue weighted by Crippen LogP contribution is 2.18. The van der Waals surface area contributed by atoms with E-state index in [-0.39, 0.29) is 0 Å². The highest BCUT2D eigenvalue weighted by atomic mass is 16.5. The van der Waals surface area contributed by atoms with Gasteiger partial charge in [0.05, 0.1) is 6.10 Å². The van der Waals surface area contributed by atoms with Crippen molar-refractivity contribution < 1.29 is 4.74 Å². The third-order valence-corrected chi connectivity index (χ3v) is 3.64. The third kappa shape index (κ3) is 5.36. The van der Waals surface area contributed by atoms with E-state index < -0.39 is 0 Å². The molecule has 0 aromatic rings. The monoisotopic (exact) mass is 242 g/mol. The van der Waals surface area contributed by atoms with E-state index in [0.717, 1.165) is 25.7 Å². The highest BCUT2D eigenvalue weighted by Gasteiger charge is 2.25. The summed E-state index contributed by atoms with van der Waals surface area (Å²) in [7, 11) is 0. The summed E-state index contributed by atoms with van der Waals surface area (Å²) in [5.41, 5.74) is 0. The number of hydrogen-bond donors (Lipinski definition) is 1. The van der Waals surface area contributed by atoms with Crippen LogP contribution in [0.2, 0.25) is 0 Å². The summed E-state index contributed by atoms with van der Waals surface area (Å²) >= 11 is 0.